The van der Waals surface area contributed by atoms with E-state index in [9.17, 15) is 4.79 Å². The minimum atomic E-state index is -0.0653. The number of pyridine rings is 1. The van der Waals surface area contributed by atoms with Gasteiger partial charge < -0.3 is 19.1 Å². The second kappa shape index (κ2) is 10.2. The molecule has 0 unspecified atom stereocenters. The normalized spacial score (nSPS) is 14.3. The number of benzene rings is 2. The molecule has 31 heavy (non-hydrogen) atoms. The van der Waals surface area contributed by atoms with Gasteiger partial charge >= 0.3 is 0 Å². The van der Waals surface area contributed by atoms with Crippen LogP contribution in [0.25, 0.3) is 17.0 Å². The van der Waals surface area contributed by atoms with Crippen LogP contribution in [0.1, 0.15) is 15.9 Å². The number of carbonyl (C=O) groups is 1. The minimum absolute atomic E-state index is 0.0653. The quantitative estimate of drug-likeness (QED) is 0.313. The van der Waals surface area contributed by atoms with Crippen LogP contribution in [-0.2, 0) is 9.47 Å². The Morgan fingerprint density at radius 3 is 2.65 bits per heavy atom. The first-order chi connectivity index (χ1) is 15.2. The molecule has 6 heteroatoms. The van der Waals surface area contributed by atoms with Gasteiger partial charge in [0.2, 0.25) is 0 Å². The van der Waals surface area contributed by atoms with Gasteiger partial charge in [0.15, 0.2) is 5.78 Å². The Hall–Kier alpha value is -3.22. The summed E-state index contributed by atoms with van der Waals surface area (Å²) in [5, 5.41) is 1.05. The summed E-state index contributed by atoms with van der Waals surface area (Å²) >= 11 is 0. The third-order valence-electron chi connectivity index (χ3n) is 5.15. The molecule has 1 aliphatic heterocycles. The van der Waals surface area contributed by atoms with Gasteiger partial charge in [-0.05, 0) is 48.6 Å². The fourth-order valence-electron chi connectivity index (χ4n) is 3.49. The molecule has 0 atom stereocenters. The molecule has 6 nitrogen and oxygen atoms in total. The fraction of sp³-hybridized carbons (Fsp3) is 0.280. The Bertz CT molecular complexity index is 1060. The number of para-hydroxylation sites is 1. The monoisotopic (exact) mass is 418 g/mol. The number of aromatic nitrogens is 1. The van der Waals surface area contributed by atoms with E-state index in [-0.39, 0.29) is 5.78 Å². The number of allylic oxidation sites excluding steroid dienone is 1. The highest BCUT2D eigenvalue weighted by atomic mass is 16.5. The van der Waals surface area contributed by atoms with E-state index < -0.39 is 0 Å². The van der Waals surface area contributed by atoms with Gasteiger partial charge in [0.05, 0.1) is 25.3 Å². The van der Waals surface area contributed by atoms with E-state index in [0.717, 1.165) is 35.4 Å². The summed E-state index contributed by atoms with van der Waals surface area (Å²) in [5.74, 6) is 1.53. The third kappa shape index (κ3) is 5.29. The number of rotatable bonds is 8. The molecule has 1 saturated heterocycles. The van der Waals surface area contributed by atoms with E-state index in [1.165, 1.54) is 0 Å². The van der Waals surface area contributed by atoms with Gasteiger partial charge in [-0.15, -0.1) is 0 Å². The van der Waals surface area contributed by atoms with Crippen molar-refractivity contribution in [3.05, 3.63) is 71.8 Å². The smallest absolute Gasteiger partial charge is 0.185 e. The molecule has 0 amide bonds. The number of anilines is 1. The number of hydrogen-bond donors (Lipinski definition) is 0. The summed E-state index contributed by atoms with van der Waals surface area (Å²) in [6.07, 6.45) is 3.46. The second-order valence-electron chi connectivity index (χ2n) is 7.26. The van der Waals surface area contributed by atoms with Crippen molar-refractivity contribution in [3.8, 4) is 5.75 Å². The van der Waals surface area contributed by atoms with Gasteiger partial charge in [-0.1, -0.05) is 18.2 Å². The van der Waals surface area contributed by atoms with Crippen LogP contribution in [0.3, 0.4) is 0 Å². The van der Waals surface area contributed by atoms with Gasteiger partial charge in [0.25, 0.3) is 0 Å². The molecule has 1 fully saturated rings. The Labute approximate surface area is 182 Å². The largest absolute Gasteiger partial charge is 0.491 e. The highest BCUT2D eigenvalue weighted by molar-refractivity contribution is 6.07. The van der Waals surface area contributed by atoms with Crippen LogP contribution >= 0.6 is 0 Å². The maximum Gasteiger partial charge on any atom is 0.185 e. The number of morpholine rings is 1. The summed E-state index contributed by atoms with van der Waals surface area (Å²) in [6, 6.07) is 17.3. The molecule has 3 aromatic rings. The van der Waals surface area contributed by atoms with Crippen molar-refractivity contribution in [2.24, 2.45) is 0 Å². The summed E-state index contributed by atoms with van der Waals surface area (Å²) in [6.45, 7) is 3.91. The minimum Gasteiger partial charge on any atom is -0.491 e. The van der Waals surface area contributed by atoms with E-state index >= 15 is 0 Å². The van der Waals surface area contributed by atoms with Crippen LogP contribution in [-0.4, -0.2) is 57.4 Å². The van der Waals surface area contributed by atoms with Gasteiger partial charge in [0.1, 0.15) is 18.2 Å². The lowest BCUT2D eigenvalue weighted by molar-refractivity contribution is 0.104. The lowest BCUT2D eigenvalue weighted by atomic mass is 10.1. The Morgan fingerprint density at radius 1 is 1.10 bits per heavy atom. The van der Waals surface area contributed by atoms with Gasteiger partial charge in [0, 0.05) is 36.7 Å². The molecule has 4 rings (SSSR count). The van der Waals surface area contributed by atoms with Gasteiger partial charge in [-0.25, -0.2) is 4.98 Å². The summed E-state index contributed by atoms with van der Waals surface area (Å²) in [4.78, 5) is 19.8. The molecule has 1 aromatic heterocycles. The van der Waals surface area contributed by atoms with E-state index in [1.54, 1.807) is 37.5 Å². The number of methoxy groups -OCH3 is 1. The highest BCUT2D eigenvalue weighted by Gasteiger charge is 2.16. The van der Waals surface area contributed by atoms with Crippen molar-refractivity contribution in [1.29, 1.82) is 0 Å². The van der Waals surface area contributed by atoms with E-state index in [2.05, 4.69) is 11.0 Å². The first-order valence-electron chi connectivity index (χ1n) is 10.4. The topological polar surface area (TPSA) is 60.9 Å². The first kappa shape index (κ1) is 21.0. The van der Waals surface area contributed by atoms with Crippen molar-refractivity contribution in [2.75, 3.05) is 51.5 Å². The van der Waals surface area contributed by atoms with Crippen LogP contribution < -0.4 is 9.64 Å². The van der Waals surface area contributed by atoms with E-state index in [4.69, 9.17) is 19.2 Å². The molecule has 0 bridgehead atoms. The van der Waals surface area contributed by atoms with Crippen molar-refractivity contribution >= 4 is 28.6 Å². The van der Waals surface area contributed by atoms with E-state index in [0.29, 0.717) is 37.7 Å². The van der Waals surface area contributed by atoms with Crippen LogP contribution in [0.2, 0.25) is 0 Å². The molecule has 2 aromatic carbocycles. The second-order valence-corrected chi connectivity index (χ2v) is 7.26. The molecular weight excluding hydrogens is 392 g/mol. The summed E-state index contributed by atoms with van der Waals surface area (Å²) < 4.78 is 16.0. The number of ketones is 1. The SMILES string of the molecule is COCCOc1ccc(C(=O)/C=C/c2cc3ccccc3nc2N2CCOCC2)cc1. The van der Waals surface area contributed by atoms with Crippen LogP contribution in [0, 0.1) is 0 Å². The predicted octanol–water partition coefficient (Wildman–Crippen LogP) is 3.99. The van der Waals surface area contributed by atoms with Crippen molar-refractivity contribution in [2.45, 2.75) is 0 Å². The Morgan fingerprint density at radius 2 is 1.87 bits per heavy atom. The predicted molar refractivity (Wildman–Crippen MR) is 122 cm³/mol. The lowest BCUT2D eigenvalue weighted by Crippen LogP contribution is -2.37. The number of nitrogens with zero attached hydrogens (tertiary/aromatic N) is 2. The zero-order valence-electron chi connectivity index (χ0n) is 17.6. The van der Waals surface area contributed by atoms with E-state index in [1.807, 2.05) is 30.3 Å². The maximum absolute atomic E-state index is 12.7. The first-order valence-corrected chi connectivity index (χ1v) is 10.4. The number of hydrogen-bond acceptors (Lipinski definition) is 6. The lowest BCUT2D eigenvalue weighted by Gasteiger charge is -2.29. The molecule has 0 aliphatic carbocycles. The Kier molecular flexibility index (Phi) is 6.92. The molecule has 160 valence electrons. The average Bonchev–Trinajstić information content (AvgIpc) is 2.83. The maximum atomic E-state index is 12.7. The Balaban J connectivity index is 1.55. The van der Waals surface area contributed by atoms with Crippen molar-refractivity contribution in [3.63, 3.8) is 0 Å². The van der Waals surface area contributed by atoms with Crippen LogP contribution in [0.4, 0.5) is 5.82 Å². The summed E-state index contributed by atoms with van der Waals surface area (Å²) in [7, 11) is 1.63. The zero-order chi connectivity index (χ0) is 21.5. The van der Waals surface area contributed by atoms with Gasteiger partial charge in [-0.2, -0.15) is 0 Å². The highest BCUT2D eigenvalue weighted by Crippen LogP contribution is 2.26. The molecule has 0 saturated carbocycles. The zero-order valence-corrected chi connectivity index (χ0v) is 17.6. The average molecular weight is 418 g/mol. The van der Waals surface area contributed by atoms with Crippen LogP contribution in [0.15, 0.2) is 60.7 Å². The standard InChI is InChI=1S/C25H26N2O4/c1-29-16-17-31-22-9-6-19(7-10-22)24(28)11-8-21-18-20-4-2-3-5-23(20)26-25(21)27-12-14-30-15-13-27/h2-11,18H,12-17H2,1H3/b11-8+. The molecule has 1 aliphatic rings. The molecular formula is C25H26N2O4. The number of fused-ring (bicyclic) bond motifs is 1. The summed E-state index contributed by atoms with van der Waals surface area (Å²) in [5.41, 5.74) is 2.47. The number of carbonyl (C=O) groups excluding carboxylic acids is 1. The number of ether oxygens (including phenoxy) is 3. The molecule has 0 radical (unpaired) electrons. The molecule has 0 N–H and O–H groups in total. The van der Waals surface area contributed by atoms with Gasteiger partial charge in [-0.3, -0.25) is 4.79 Å². The fourth-order valence-corrected chi connectivity index (χ4v) is 3.49. The van der Waals surface area contributed by atoms with Crippen molar-refractivity contribution < 1.29 is 19.0 Å². The third-order valence-corrected chi connectivity index (χ3v) is 5.15. The molecule has 0 spiro atoms. The van der Waals surface area contributed by atoms with Crippen LogP contribution in [0.5, 0.6) is 5.75 Å². The van der Waals surface area contributed by atoms with Crippen molar-refractivity contribution in [1.82, 2.24) is 4.98 Å². The molecule has 2 heterocycles.